The molecule has 0 spiro atoms. The van der Waals surface area contributed by atoms with E-state index in [-0.39, 0.29) is 0 Å². The van der Waals surface area contributed by atoms with Crippen molar-refractivity contribution in [1.82, 2.24) is 5.32 Å². The Morgan fingerprint density at radius 1 is 0.950 bits per heavy atom. The number of nitrogens with one attached hydrogen (secondary N) is 1. The van der Waals surface area contributed by atoms with Gasteiger partial charge < -0.3 is 10.1 Å². The first-order valence-electron chi connectivity index (χ1n) is 7.21. The monoisotopic (exact) mass is 269 g/mol. The second-order valence-corrected chi connectivity index (χ2v) is 5.13. The van der Waals surface area contributed by atoms with Crippen molar-refractivity contribution in [1.29, 1.82) is 0 Å². The van der Waals surface area contributed by atoms with Crippen LogP contribution in [0.5, 0.6) is 5.75 Å². The number of hydrogen-bond acceptors (Lipinski definition) is 2. The summed E-state index contributed by atoms with van der Waals surface area (Å²) in [6.07, 6.45) is 1.99. The van der Waals surface area contributed by atoms with Crippen molar-refractivity contribution < 1.29 is 4.74 Å². The molecular formula is C18H23NO. The van der Waals surface area contributed by atoms with E-state index in [1.165, 1.54) is 11.1 Å². The Kier molecular flexibility index (Phi) is 5.63. The van der Waals surface area contributed by atoms with Crippen molar-refractivity contribution in [2.45, 2.75) is 25.8 Å². The summed E-state index contributed by atoms with van der Waals surface area (Å²) in [5.74, 6) is 0.949. The van der Waals surface area contributed by atoms with Crippen LogP contribution in [0.2, 0.25) is 0 Å². The Hall–Kier alpha value is -1.80. The van der Waals surface area contributed by atoms with Crippen molar-refractivity contribution in [3.05, 3.63) is 65.7 Å². The van der Waals surface area contributed by atoms with E-state index in [0.717, 1.165) is 25.2 Å². The van der Waals surface area contributed by atoms with Gasteiger partial charge in [-0.2, -0.15) is 0 Å². The Balaban J connectivity index is 1.84. The van der Waals surface area contributed by atoms with Gasteiger partial charge in [-0.25, -0.2) is 0 Å². The highest BCUT2D eigenvalue weighted by Crippen LogP contribution is 2.15. The van der Waals surface area contributed by atoms with E-state index < -0.39 is 0 Å². The Morgan fingerprint density at radius 3 is 2.25 bits per heavy atom. The average Bonchev–Trinajstić information content (AvgIpc) is 2.50. The fraction of sp³-hybridized carbons (Fsp3) is 0.333. The SMILES string of the molecule is CNC(C)CCOc1ccc(Cc2ccccc2)cc1. The van der Waals surface area contributed by atoms with Crippen LogP contribution in [0.25, 0.3) is 0 Å². The van der Waals surface area contributed by atoms with Gasteiger partial charge in [-0.15, -0.1) is 0 Å². The second kappa shape index (κ2) is 7.71. The molecule has 0 radical (unpaired) electrons. The molecule has 1 atom stereocenters. The summed E-state index contributed by atoms with van der Waals surface area (Å²) in [4.78, 5) is 0. The van der Waals surface area contributed by atoms with Crippen LogP contribution < -0.4 is 10.1 Å². The van der Waals surface area contributed by atoms with Crippen LogP contribution in [0.4, 0.5) is 0 Å². The fourth-order valence-electron chi connectivity index (χ4n) is 2.03. The van der Waals surface area contributed by atoms with Gasteiger partial charge in [-0.1, -0.05) is 42.5 Å². The summed E-state index contributed by atoms with van der Waals surface area (Å²) >= 11 is 0. The number of hydrogen-bond donors (Lipinski definition) is 1. The highest BCUT2D eigenvalue weighted by molar-refractivity contribution is 5.31. The van der Waals surface area contributed by atoms with Gasteiger partial charge in [0.15, 0.2) is 0 Å². The first-order chi connectivity index (χ1) is 9.78. The van der Waals surface area contributed by atoms with Gasteiger partial charge in [0.05, 0.1) is 6.61 Å². The Bertz CT molecular complexity index is 493. The molecule has 0 aliphatic rings. The van der Waals surface area contributed by atoms with E-state index in [2.05, 4.69) is 60.8 Å². The van der Waals surface area contributed by atoms with E-state index in [1.807, 2.05) is 13.1 Å². The van der Waals surface area contributed by atoms with Crippen molar-refractivity contribution in [3.63, 3.8) is 0 Å². The molecule has 2 aromatic carbocycles. The number of benzene rings is 2. The molecule has 2 rings (SSSR count). The van der Waals surface area contributed by atoms with Crippen LogP contribution >= 0.6 is 0 Å². The smallest absolute Gasteiger partial charge is 0.119 e. The third-order valence-corrected chi connectivity index (χ3v) is 3.49. The van der Waals surface area contributed by atoms with E-state index in [9.17, 15) is 0 Å². The molecule has 2 heteroatoms. The molecule has 0 aliphatic carbocycles. The largest absolute Gasteiger partial charge is 0.494 e. The van der Waals surface area contributed by atoms with Gasteiger partial charge in [0, 0.05) is 6.04 Å². The van der Waals surface area contributed by atoms with E-state index in [0.29, 0.717) is 6.04 Å². The molecule has 0 aromatic heterocycles. The maximum Gasteiger partial charge on any atom is 0.119 e. The lowest BCUT2D eigenvalue weighted by Crippen LogP contribution is -2.23. The molecule has 2 aromatic rings. The molecular weight excluding hydrogens is 246 g/mol. The molecule has 0 fully saturated rings. The zero-order valence-electron chi connectivity index (χ0n) is 12.3. The molecule has 20 heavy (non-hydrogen) atoms. The van der Waals surface area contributed by atoms with Crippen LogP contribution in [0.3, 0.4) is 0 Å². The van der Waals surface area contributed by atoms with Gasteiger partial charge in [0.1, 0.15) is 5.75 Å². The summed E-state index contributed by atoms with van der Waals surface area (Å²) in [7, 11) is 1.98. The average molecular weight is 269 g/mol. The number of ether oxygens (including phenoxy) is 1. The maximum atomic E-state index is 5.74. The van der Waals surface area contributed by atoms with Gasteiger partial charge in [0.2, 0.25) is 0 Å². The zero-order valence-corrected chi connectivity index (χ0v) is 12.3. The number of rotatable bonds is 7. The molecule has 2 nitrogen and oxygen atoms in total. The minimum atomic E-state index is 0.493. The highest BCUT2D eigenvalue weighted by atomic mass is 16.5. The Labute approximate surface area is 121 Å². The lowest BCUT2D eigenvalue weighted by molar-refractivity contribution is 0.293. The Morgan fingerprint density at radius 2 is 1.60 bits per heavy atom. The molecule has 0 heterocycles. The molecule has 0 saturated carbocycles. The van der Waals surface area contributed by atoms with Crippen LogP contribution in [-0.2, 0) is 6.42 Å². The fourth-order valence-corrected chi connectivity index (χ4v) is 2.03. The summed E-state index contributed by atoms with van der Waals surface area (Å²) in [6, 6.07) is 19.4. The molecule has 1 unspecified atom stereocenters. The predicted molar refractivity (Wildman–Crippen MR) is 84.3 cm³/mol. The van der Waals surface area contributed by atoms with Crippen molar-refractivity contribution in [3.8, 4) is 5.75 Å². The topological polar surface area (TPSA) is 21.3 Å². The standard InChI is InChI=1S/C18H23NO/c1-15(19-2)12-13-20-18-10-8-17(9-11-18)14-16-6-4-3-5-7-16/h3-11,15,19H,12-14H2,1-2H3. The quantitative estimate of drug-likeness (QED) is 0.828. The molecule has 0 saturated heterocycles. The van der Waals surface area contributed by atoms with Crippen LogP contribution in [-0.4, -0.2) is 19.7 Å². The lowest BCUT2D eigenvalue weighted by atomic mass is 10.1. The normalized spacial score (nSPS) is 12.1. The summed E-state index contributed by atoms with van der Waals surface area (Å²) in [5, 5.41) is 3.21. The molecule has 0 amide bonds. The van der Waals surface area contributed by atoms with Gasteiger partial charge in [0.25, 0.3) is 0 Å². The first-order valence-corrected chi connectivity index (χ1v) is 7.21. The van der Waals surface area contributed by atoms with Crippen molar-refractivity contribution in [2.75, 3.05) is 13.7 Å². The highest BCUT2D eigenvalue weighted by Gasteiger charge is 2.00. The summed E-state index contributed by atoms with van der Waals surface area (Å²) in [5.41, 5.74) is 2.65. The van der Waals surface area contributed by atoms with E-state index >= 15 is 0 Å². The van der Waals surface area contributed by atoms with Gasteiger partial charge in [-0.3, -0.25) is 0 Å². The molecule has 106 valence electrons. The molecule has 1 N–H and O–H groups in total. The zero-order chi connectivity index (χ0) is 14.2. The van der Waals surface area contributed by atoms with E-state index in [4.69, 9.17) is 4.74 Å². The maximum absolute atomic E-state index is 5.74. The van der Waals surface area contributed by atoms with Gasteiger partial charge >= 0.3 is 0 Å². The minimum Gasteiger partial charge on any atom is -0.494 e. The lowest BCUT2D eigenvalue weighted by Gasteiger charge is -2.11. The third kappa shape index (κ3) is 4.71. The molecule has 0 aliphatic heterocycles. The van der Waals surface area contributed by atoms with E-state index in [1.54, 1.807) is 0 Å². The van der Waals surface area contributed by atoms with Crippen molar-refractivity contribution in [2.24, 2.45) is 0 Å². The van der Waals surface area contributed by atoms with Crippen molar-refractivity contribution >= 4 is 0 Å². The minimum absolute atomic E-state index is 0.493. The predicted octanol–water partition coefficient (Wildman–Crippen LogP) is 3.65. The molecule has 0 bridgehead atoms. The third-order valence-electron chi connectivity index (χ3n) is 3.49. The second-order valence-electron chi connectivity index (χ2n) is 5.13. The summed E-state index contributed by atoms with van der Waals surface area (Å²) < 4.78 is 5.74. The summed E-state index contributed by atoms with van der Waals surface area (Å²) in [6.45, 7) is 2.91. The van der Waals surface area contributed by atoms with Crippen LogP contribution in [0.15, 0.2) is 54.6 Å². The van der Waals surface area contributed by atoms with Gasteiger partial charge in [-0.05, 0) is 50.1 Å². The van der Waals surface area contributed by atoms with Crippen LogP contribution in [0.1, 0.15) is 24.5 Å². The first kappa shape index (κ1) is 14.6. The van der Waals surface area contributed by atoms with Crippen LogP contribution in [0, 0.1) is 0 Å².